The molecule has 2 N–H and O–H groups in total. The Kier molecular flexibility index (Phi) is 5.54. The number of hydrogen-bond donors (Lipinski definition) is 2. The molecule has 0 radical (unpaired) electrons. The lowest BCUT2D eigenvalue weighted by Gasteiger charge is -2.15. The van der Waals surface area contributed by atoms with E-state index in [0.717, 1.165) is 18.2 Å². The van der Waals surface area contributed by atoms with Crippen LogP contribution in [0.25, 0.3) is 0 Å². The summed E-state index contributed by atoms with van der Waals surface area (Å²) in [4.78, 5) is 11.7. The summed E-state index contributed by atoms with van der Waals surface area (Å²) in [6, 6.07) is 3.19. The molecule has 1 aromatic rings. The first-order chi connectivity index (χ1) is 8.58. The van der Waals surface area contributed by atoms with Gasteiger partial charge in [-0.1, -0.05) is 0 Å². The highest BCUT2D eigenvalue weighted by Gasteiger charge is 2.14. The molecule has 0 spiro atoms. The number of methoxy groups -OCH3 is 2. The lowest BCUT2D eigenvalue weighted by Crippen LogP contribution is -2.35. The summed E-state index contributed by atoms with van der Waals surface area (Å²) >= 11 is 0. The number of amides is 1. The normalized spacial score (nSPS) is 12.2. The molecule has 18 heavy (non-hydrogen) atoms. The first-order valence-corrected chi connectivity index (χ1v) is 5.37. The van der Waals surface area contributed by atoms with Gasteiger partial charge in [-0.2, -0.15) is 0 Å². The van der Waals surface area contributed by atoms with Gasteiger partial charge in [0.05, 0.1) is 18.3 Å². The molecule has 1 amide bonds. The Bertz CT molecular complexity index is 411. The summed E-state index contributed by atoms with van der Waals surface area (Å²) in [5.41, 5.74) is -0.109. The van der Waals surface area contributed by atoms with Gasteiger partial charge >= 0.3 is 0 Å². The fourth-order valence-corrected chi connectivity index (χ4v) is 1.39. The van der Waals surface area contributed by atoms with Gasteiger partial charge in [0.2, 0.25) is 0 Å². The number of hydrogen-bond acceptors (Lipinski definition) is 4. The molecule has 0 aromatic heterocycles. The summed E-state index contributed by atoms with van der Waals surface area (Å²) in [7, 11) is 3.02. The van der Waals surface area contributed by atoms with Crippen LogP contribution in [-0.4, -0.2) is 44.5 Å². The maximum absolute atomic E-state index is 13.0. The van der Waals surface area contributed by atoms with Crippen molar-refractivity contribution in [3.8, 4) is 5.75 Å². The van der Waals surface area contributed by atoms with Crippen LogP contribution in [0.2, 0.25) is 0 Å². The third kappa shape index (κ3) is 3.97. The molecule has 1 unspecified atom stereocenters. The molecule has 0 saturated carbocycles. The van der Waals surface area contributed by atoms with E-state index in [1.54, 1.807) is 0 Å². The van der Waals surface area contributed by atoms with Gasteiger partial charge in [-0.3, -0.25) is 4.79 Å². The number of ether oxygens (including phenoxy) is 2. The topological polar surface area (TPSA) is 67.8 Å². The van der Waals surface area contributed by atoms with Crippen LogP contribution in [0.15, 0.2) is 18.2 Å². The zero-order valence-electron chi connectivity index (χ0n) is 10.3. The number of rotatable bonds is 6. The van der Waals surface area contributed by atoms with E-state index in [1.165, 1.54) is 14.2 Å². The van der Waals surface area contributed by atoms with E-state index in [4.69, 9.17) is 9.47 Å². The lowest BCUT2D eigenvalue weighted by atomic mass is 10.2. The maximum atomic E-state index is 13.0. The number of carbonyl (C=O) groups is 1. The second-order valence-corrected chi connectivity index (χ2v) is 3.68. The zero-order chi connectivity index (χ0) is 13.5. The van der Waals surface area contributed by atoms with Gasteiger partial charge < -0.3 is 19.9 Å². The minimum absolute atomic E-state index is 0.109. The minimum atomic E-state index is -0.585. The molecule has 5 nitrogen and oxygen atoms in total. The molecule has 0 saturated heterocycles. The number of nitrogens with one attached hydrogen (secondary N) is 1. The van der Waals surface area contributed by atoms with Gasteiger partial charge in [0.15, 0.2) is 0 Å². The fraction of sp³-hybridized carbons (Fsp3) is 0.417. The molecule has 1 atom stereocenters. The van der Waals surface area contributed by atoms with E-state index >= 15 is 0 Å². The van der Waals surface area contributed by atoms with Crippen molar-refractivity contribution in [3.05, 3.63) is 29.6 Å². The molecular weight excluding hydrogens is 241 g/mol. The quantitative estimate of drug-likeness (QED) is 0.795. The summed E-state index contributed by atoms with van der Waals surface area (Å²) in [6.45, 7) is 0.533. The van der Waals surface area contributed by atoms with Crippen molar-refractivity contribution >= 4 is 5.91 Å². The Morgan fingerprint density at radius 3 is 2.83 bits per heavy atom. The average Bonchev–Trinajstić information content (AvgIpc) is 2.37. The van der Waals surface area contributed by atoms with Crippen molar-refractivity contribution in [1.29, 1.82) is 0 Å². The van der Waals surface area contributed by atoms with Crippen LogP contribution in [0, 0.1) is 5.82 Å². The Balaban J connectivity index is 2.62. The molecule has 0 fully saturated rings. The number of carbonyl (C=O) groups excluding carboxylic acids is 1. The Hall–Kier alpha value is -1.66. The lowest BCUT2D eigenvalue weighted by molar-refractivity contribution is 0.0285. The van der Waals surface area contributed by atoms with E-state index < -0.39 is 11.7 Å². The summed E-state index contributed by atoms with van der Waals surface area (Å²) in [6.07, 6.45) is -0.297. The first kappa shape index (κ1) is 14.4. The molecule has 1 rings (SSSR count). The average molecular weight is 257 g/mol. The van der Waals surface area contributed by atoms with Crippen molar-refractivity contribution in [1.82, 2.24) is 5.32 Å². The maximum Gasteiger partial charge on any atom is 0.255 e. The monoisotopic (exact) mass is 257 g/mol. The highest BCUT2D eigenvalue weighted by Crippen LogP contribution is 2.17. The number of halogens is 1. The van der Waals surface area contributed by atoms with E-state index in [0.29, 0.717) is 6.61 Å². The summed E-state index contributed by atoms with van der Waals surface area (Å²) < 4.78 is 22.9. The van der Waals surface area contributed by atoms with E-state index in [-0.39, 0.29) is 24.0 Å². The molecule has 0 aliphatic carbocycles. The van der Waals surface area contributed by atoms with Gasteiger partial charge in [0.25, 0.3) is 5.91 Å². The van der Waals surface area contributed by atoms with Crippen LogP contribution < -0.4 is 5.32 Å². The molecular formula is C12H16FNO4. The van der Waals surface area contributed by atoms with Gasteiger partial charge in [-0.15, -0.1) is 0 Å². The molecule has 0 aliphatic heterocycles. The van der Waals surface area contributed by atoms with Crippen molar-refractivity contribution in [3.63, 3.8) is 0 Å². The third-order valence-corrected chi connectivity index (χ3v) is 2.38. The molecule has 0 bridgehead atoms. The molecule has 0 heterocycles. The summed E-state index contributed by atoms with van der Waals surface area (Å²) in [5, 5.41) is 12.0. The minimum Gasteiger partial charge on any atom is -0.507 e. The standard InChI is InChI=1S/C12H16FNO4/c1-17-7-9(18-2)6-14-12(16)10-5-8(13)3-4-11(10)15/h3-5,9,15H,6-7H2,1-2H3,(H,14,16). The predicted octanol–water partition coefficient (Wildman–Crippen LogP) is 0.923. The largest absolute Gasteiger partial charge is 0.507 e. The SMILES string of the molecule is COCC(CNC(=O)c1cc(F)ccc1O)OC. The van der Waals surface area contributed by atoms with E-state index in [9.17, 15) is 14.3 Å². The highest BCUT2D eigenvalue weighted by molar-refractivity contribution is 5.96. The van der Waals surface area contributed by atoms with Crippen LogP contribution in [0.1, 0.15) is 10.4 Å². The zero-order valence-corrected chi connectivity index (χ0v) is 10.3. The van der Waals surface area contributed by atoms with Crippen molar-refractivity contribution in [2.75, 3.05) is 27.4 Å². The van der Waals surface area contributed by atoms with E-state index in [2.05, 4.69) is 5.32 Å². The van der Waals surface area contributed by atoms with Crippen molar-refractivity contribution in [2.24, 2.45) is 0 Å². The van der Waals surface area contributed by atoms with E-state index in [1.807, 2.05) is 0 Å². The molecule has 100 valence electrons. The molecule has 0 aliphatic rings. The Morgan fingerprint density at radius 2 is 2.22 bits per heavy atom. The fourth-order valence-electron chi connectivity index (χ4n) is 1.39. The summed E-state index contributed by atoms with van der Waals surface area (Å²) in [5.74, 6) is -1.42. The second kappa shape index (κ2) is 6.93. The van der Waals surface area contributed by atoms with Crippen molar-refractivity contribution in [2.45, 2.75) is 6.10 Å². The van der Waals surface area contributed by atoms with Gasteiger partial charge in [-0.05, 0) is 18.2 Å². The second-order valence-electron chi connectivity index (χ2n) is 3.68. The number of phenols is 1. The highest BCUT2D eigenvalue weighted by atomic mass is 19.1. The number of phenolic OH excluding ortho intramolecular Hbond substituents is 1. The van der Waals surface area contributed by atoms with Crippen LogP contribution in [0.4, 0.5) is 4.39 Å². The number of benzene rings is 1. The van der Waals surface area contributed by atoms with Crippen molar-refractivity contribution < 1.29 is 23.8 Å². The van der Waals surface area contributed by atoms with Crippen LogP contribution in [-0.2, 0) is 9.47 Å². The smallest absolute Gasteiger partial charge is 0.255 e. The van der Waals surface area contributed by atoms with Gasteiger partial charge in [0.1, 0.15) is 11.6 Å². The van der Waals surface area contributed by atoms with Gasteiger partial charge in [-0.25, -0.2) is 4.39 Å². The number of aromatic hydroxyl groups is 1. The predicted molar refractivity (Wildman–Crippen MR) is 63.1 cm³/mol. The van der Waals surface area contributed by atoms with Crippen LogP contribution >= 0.6 is 0 Å². The third-order valence-electron chi connectivity index (χ3n) is 2.38. The van der Waals surface area contributed by atoms with Crippen LogP contribution in [0.3, 0.4) is 0 Å². The Labute approximate surface area is 105 Å². The van der Waals surface area contributed by atoms with Crippen LogP contribution in [0.5, 0.6) is 5.75 Å². The molecule has 1 aromatic carbocycles. The Morgan fingerprint density at radius 1 is 1.50 bits per heavy atom. The first-order valence-electron chi connectivity index (χ1n) is 5.37. The molecule has 6 heteroatoms. The van der Waals surface area contributed by atoms with Gasteiger partial charge in [0, 0.05) is 20.8 Å².